The smallest absolute Gasteiger partial charge is 0.377 e. The van der Waals surface area contributed by atoms with Crippen molar-refractivity contribution in [2.45, 2.75) is 254 Å². The lowest BCUT2D eigenvalue weighted by molar-refractivity contribution is -0.219. The molecular formula is C72H113F5N12O13. The van der Waals surface area contributed by atoms with Crippen molar-refractivity contribution in [1.29, 1.82) is 0 Å². The molecule has 30 heteroatoms. The van der Waals surface area contributed by atoms with E-state index in [1.807, 2.05) is 6.08 Å². The molecule has 0 aromatic heterocycles. The number of fused-ring (bicyclic) bond motifs is 3. The first-order chi connectivity index (χ1) is 48.1. The molecule has 7 aliphatic rings. The second-order valence-corrected chi connectivity index (χ2v) is 30.3. The molecule has 6 fully saturated rings. The number of nitrogens with one attached hydrogen (secondary N) is 3. The van der Waals surface area contributed by atoms with Crippen molar-refractivity contribution in [3.05, 3.63) is 12.2 Å². The molecule has 3 N–H and O–H groups in total. The molecule has 1 spiro atoms. The summed E-state index contributed by atoms with van der Waals surface area (Å²) in [6.07, 6.45) is -1.79. The Labute approximate surface area is 597 Å². The van der Waals surface area contributed by atoms with Crippen molar-refractivity contribution in [2.75, 3.05) is 89.2 Å². The molecule has 4 saturated carbocycles. The van der Waals surface area contributed by atoms with Crippen LogP contribution in [0.25, 0.3) is 0 Å². The Balaban J connectivity index is 1.30. The summed E-state index contributed by atoms with van der Waals surface area (Å²) in [6, 6.07) is -10.6. The summed E-state index contributed by atoms with van der Waals surface area (Å²) in [6.45, 7) is 5.33. The predicted molar refractivity (Wildman–Crippen MR) is 367 cm³/mol. The zero-order chi connectivity index (χ0) is 75.4. The highest BCUT2D eigenvalue weighted by atomic mass is 19.4. The molecule has 12 atom stereocenters. The number of amides is 12. The van der Waals surface area contributed by atoms with Crippen LogP contribution in [-0.4, -0.2) is 283 Å². The van der Waals surface area contributed by atoms with Gasteiger partial charge in [0.15, 0.2) is 0 Å². The molecule has 7 rings (SSSR count). The van der Waals surface area contributed by atoms with Crippen molar-refractivity contribution >= 4 is 70.9 Å². The highest BCUT2D eigenvalue weighted by Crippen LogP contribution is 2.45. The zero-order valence-corrected chi connectivity index (χ0v) is 61.9. The van der Waals surface area contributed by atoms with Gasteiger partial charge in [0, 0.05) is 82.5 Å². The first-order valence-electron chi connectivity index (χ1n) is 37.0. The Morgan fingerprint density at radius 3 is 1.88 bits per heavy atom. The fraction of sp³-hybridized carbons (Fsp3) is 0.806. The van der Waals surface area contributed by atoms with Crippen LogP contribution in [0.5, 0.6) is 0 Å². The molecule has 25 nitrogen and oxygen atoms in total. The second-order valence-electron chi connectivity index (χ2n) is 30.3. The topological polar surface area (TPSA) is 279 Å². The van der Waals surface area contributed by atoms with Gasteiger partial charge in [-0.2, -0.15) is 13.2 Å². The van der Waals surface area contributed by atoms with Gasteiger partial charge in [0.2, 0.25) is 70.9 Å². The molecule has 0 aromatic rings. The van der Waals surface area contributed by atoms with E-state index >= 15 is 37.5 Å². The van der Waals surface area contributed by atoms with Crippen LogP contribution in [0.2, 0.25) is 0 Å². The van der Waals surface area contributed by atoms with Crippen LogP contribution < -0.4 is 16.0 Å². The molecule has 102 heavy (non-hydrogen) atoms. The highest BCUT2D eigenvalue weighted by Gasteiger charge is 2.55. The summed E-state index contributed by atoms with van der Waals surface area (Å²) >= 11 is 0. The quantitative estimate of drug-likeness (QED) is 0.183. The SMILES string of the molecule is CCO[C@@H]1C[C@H]2C(=O)NC3(CCCC3)C(=O)N(C)[C@@H](C3CCCC3)C(=O)N(C)[C@H](C(=O)N(C)C)CC(=O)N(C)[C@@H](C)C(=O)N[C@@H]([C@@H](C)CC)C(=O)N(C)CC(=O)N(C)[C@H]3C/C=C\CCN(C3=O)[C@@H](CC3CCCCC3)C(=O)N(C)CC(=O)N[C@@H](CCC3CC(F)C(C(F)(F)F)C(F)C3)C(=O)N2C1. The number of carbonyl (C=O) groups is 12. The van der Waals surface area contributed by atoms with Crippen molar-refractivity contribution in [3.63, 3.8) is 0 Å². The van der Waals surface area contributed by atoms with E-state index in [0.29, 0.717) is 51.4 Å². The Morgan fingerprint density at radius 2 is 1.28 bits per heavy atom. The van der Waals surface area contributed by atoms with Crippen LogP contribution in [0, 0.1) is 29.6 Å². The van der Waals surface area contributed by atoms with Gasteiger partial charge in [-0.25, -0.2) is 8.78 Å². The van der Waals surface area contributed by atoms with E-state index in [2.05, 4.69) is 16.0 Å². The lowest BCUT2D eigenvalue weighted by atomic mass is 9.76. The van der Waals surface area contributed by atoms with E-state index in [4.69, 9.17) is 4.74 Å². The van der Waals surface area contributed by atoms with E-state index < -0.39 is 205 Å². The van der Waals surface area contributed by atoms with Crippen LogP contribution in [-0.2, 0) is 62.3 Å². The second kappa shape index (κ2) is 36.1. The Hall–Kier alpha value is -7.01. The standard InChI is InChI=1S/C72H113F5N12O13/c1-13-43(3)60-68(99)83(8)42-58(92)85(10)52-29-19-16-24-34-88(67(52)98)55(37-45-25-17-15-18-26-45)66(97)82(7)41-56(90)78-51(31-30-46-35-49(73)59(50(74)36-46)72(75,76)77)64(95)89-40-48(102-14-2)38-53(89)63(94)80-71(32-22-23-33-71)70(101)87(12)61(47-27-20-21-28-47)69(100)86(11)54(65(96)81(5)6)39-57(91)84(9)44(4)62(93)79-60/h16,19,43-55,59-61H,13-15,17-18,20-42H2,1-12H3,(H,78,90)(H,79,93)(H,80,94)/b19-16-/t43-,44-,46?,48+,49?,50?,51-,52-,53-,54-,55-,59?,60-,61-/m0/s1. The van der Waals surface area contributed by atoms with E-state index in [1.165, 1.54) is 87.8 Å². The van der Waals surface area contributed by atoms with E-state index in [0.717, 1.165) is 51.7 Å². The summed E-state index contributed by atoms with van der Waals surface area (Å²) < 4.78 is 78.8. The van der Waals surface area contributed by atoms with Crippen molar-refractivity contribution in [2.24, 2.45) is 29.6 Å². The first-order valence-corrected chi connectivity index (χ1v) is 37.0. The lowest BCUT2D eigenvalue weighted by Gasteiger charge is -2.42. The Kier molecular flexibility index (Phi) is 29.1. The number of hydrogen-bond donors (Lipinski definition) is 3. The summed E-state index contributed by atoms with van der Waals surface area (Å²) in [7, 11) is 11.2. The summed E-state index contributed by atoms with van der Waals surface area (Å²) in [5, 5.41) is 8.53. The van der Waals surface area contributed by atoms with Crippen LogP contribution in [0.15, 0.2) is 12.2 Å². The Morgan fingerprint density at radius 1 is 0.667 bits per heavy atom. The van der Waals surface area contributed by atoms with E-state index in [1.54, 1.807) is 26.8 Å². The van der Waals surface area contributed by atoms with Crippen molar-refractivity contribution < 1.29 is 84.2 Å². The number of ether oxygens (including phenoxy) is 1. The van der Waals surface area contributed by atoms with Gasteiger partial charge >= 0.3 is 6.18 Å². The maximum atomic E-state index is 15.6. The summed E-state index contributed by atoms with van der Waals surface area (Å²) in [5.41, 5.74) is -1.66. The number of likely N-dealkylation sites (N-methyl/N-ethyl adjacent to an activating group) is 7. The number of nitrogens with zero attached hydrogens (tertiary/aromatic N) is 9. The molecular weight excluding hydrogens is 1340 g/mol. The normalized spacial score (nSPS) is 31.8. The first kappa shape index (κ1) is 82.3. The average Bonchev–Trinajstić information content (AvgIpc) is 1.51. The predicted octanol–water partition coefficient (Wildman–Crippen LogP) is 4.93. The molecule has 3 aliphatic heterocycles. The third-order valence-electron chi connectivity index (χ3n) is 23.1. The maximum absolute atomic E-state index is 15.6. The summed E-state index contributed by atoms with van der Waals surface area (Å²) in [4.78, 5) is 190. The molecule has 3 heterocycles. The van der Waals surface area contributed by atoms with Gasteiger partial charge < -0.3 is 64.8 Å². The van der Waals surface area contributed by atoms with Crippen molar-refractivity contribution in [3.8, 4) is 0 Å². The fourth-order valence-corrected chi connectivity index (χ4v) is 16.5. The summed E-state index contributed by atoms with van der Waals surface area (Å²) in [5.74, 6) is -13.5. The van der Waals surface area contributed by atoms with Gasteiger partial charge in [-0.05, 0) is 108 Å². The molecule has 4 aliphatic carbocycles. The van der Waals surface area contributed by atoms with Crippen LogP contribution in [0.4, 0.5) is 22.0 Å². The third-order valence-corrected chi connectivity index (χ3v) is 23.1. The van der Waals surface area contributed by atoms with Gasteiger partial charge in [0.05, 0.1) is 25.6 Å². The third kappa shape index (κ3) is 19.7. The van der Waals surface area contributed by atoms with Gasteiger partial charge in [-0.1, -0.05) is 90.2 Å². The minimum Gasteiger partial charge on any atom is -0.377 e. The maximum Gasteiger partial charge on any atom is 0.397 e. The van der Waals surface area contributed by atoms with Gasteiger partial charge in [0.25, 0.3) is 0 Å². The Bertz CT molecular complexity index is 3020. The van der Waals surface area contributed by atoms with Gasteiger partial charge in [-0.15, -0.1) is 0 Å². The molecule has 0 aromatic carbocycles. The minimum atomic E-state index is -5.17. The molecule has 2 saturated heterocycles. The number of hydrogen-bond acceptors (Lipinski definition) is 13. The number of rotatable bonds is 11. The largest absolute Gasteiger partial charge is 0.397 e. The molecule has 2 unspecified atom stereocenters. The monoisotopic (exact) mass is 1450 g/mol. The van der Waals surface area contributed by atoms with E-state index in [-0.39, 0.29) is 70.6 Å². The van der Waals surface area contributed by atoms with Crippen LogP contribution >= 0.6 is 0 Å². The van der Waals surface area contributed by atoms with Gasteiger partial charge in [-0.3, -0.25) is 57.5 Å². The fourth-order valence-electron chi connectivity index (χ4n) is 16.5. The van der Waals surface area contributed by atoms with Crippen LogP contribution in [0.3, 0.4) is 0 Å². The minimum absolute atomic E-state index is 0.0173. The average molecular weight is 1450 g/mol. The van der Waals surface area contributed by atoms with Crippen LogP contribution in [0.1, 0.15) is 175 Å². The zero-order valence-electron chi connectivity index (χ0n) is 61.9. The number of alkyl halides is 5. The highest BCUT2D eigenvalue weighted by molar-refractivity contribution is 6.01. The molecule has 574 valence electrons. The molecule has 0 radical (unpaired) electrons. The molecule has 12 amide bonds. The number of carbonyl (C=O) groups excluding carboxylic acids is 12. The number of halogens is 5. The van der Waals surface area contributed by atoms with Crippen molar-refractivity contribution in [1.82, 2.24) is 60.0 Å². The molecule has 2 bridgehead atoms. The lowest BCUT2D eigenvalue weighted by Crippen LogP contribution is -2.65. The van der Waals surface area contributed by atoms with Gasteiger partial charge in [0.1, 0.15) is 72.1 Å². The van der Waals surface area contributed by atoms with E-state index in [9.17, 15) is 41.9 Å².